The van der Waals surface area contributed by atoms with Crippen molar-refractivity contribution in [1.82, 2.24) is 4.98 Å². The van der Waals surface area contributed by atoms with Crippen LogP contribution in [-0.2, 0) is 5.41 Å². The molecule has 1 nitrogen and oxygen atoms in total. The van der Waals surface area contributed by atoms with Gasteiger partial charge in [0.1, 0.15) is 0 Å². The standard InChI is InChI=1S/C23H19F2NS/c1-23(2,3)15-9-7-14(8-10-15)22-17-13-20(27-19(17)11-12-26-22)16-5-4-6-18(24)21(16)25/h4-13H,1-3H3. The molecule has 0 N–H and O–H groups in total. The molecule has 0 aliphatic rings. The number of hydrogen-bond donors (Lipinski definition) is 0. The fraction of sp³-hybridized carbons (Fsp3) is 0.174. The summed E-state index contributed by atoms with van der Waals surface area (Å²) < 4.78 is 28.8. The van der Waals surface area contributed by atoms with Gasteiger partial charge in [-0.2, -0.15) is 0 Å². The third kappa shape index (κ3) is 3.26. The largest absolute Gasteiger partial charge is 0.256 e. The van der Waals surface area contributed by atoms with E-state index in [2.05, 4.69) is 50.0 Å². The highest BCUT2D eigenvalue weighted by Crippen LogP contribution is 2.39. The number of benzene rings is 2. The lowest BCUT2D eigenvalue weighted by atomic mass is 9.86. The number of rotatable bonds is 2. The Hall–Kier alpha value is -2.59. The Morgan fingerprint density at radius 2 is 1.67 bits per heavy atom. The quantitative estimate of drug-likeness (QED) is 0.359. The molecule has 0 saturated heterocycles. The molecule has 0 unspecified atom stereocenters. The molecule has 4 heteroatoms. The van der Waals surface area contributed by atoms with E-state index < -0.39 is 11.6 Å². The van der Waals surface area contributed by atoms with Gasteiger partial charge < -0.3 is 0 Å². The molecule has 2 aromatic heterocycles. The highest BCUT2D eigenvalue weighted by atomic mass is 32.1. The summed E-state index contributed by atoms with van der Waals surface area (Å²) in [5.41, 5.74) is 3.49. The van der Waals surface area contributed by atoms with E-state index in [9.17, 15) is 8.78 Å². The molecule has 0 spiro atoms. The fourth-order valence-corrected chi connectivity index (χ4v) is 4.22. The number of pyridine rings is 1. The monoisotopic (exact) mass is 379 g/mol. The molecule has 0 bridgehead atoms. The van der Waals surface area contributed by atoms with Crippen molar-refractivity contribution in [1.29, 1.82) is 0 Å². The molecule has 0 aliphatic heterocycles. The number of hydrogen-bond acceptors (Lipinski definition) is 2. The zero-order valence-corrected chi connectivity index (χ0v) is 16.2. The Kier molecular flexibility index (Phi) is 4.31. The van der Waals surface area contributed by atoms with E-state index in [0.717, 1.165) is 27.4 Å². The van der Waals surface area contributed by atoms with E-state index in [0.29, 0.717) is 4.88 Å². The number of fused-ring (bicyclic) bond motifs is 1. The lowest BCUT2D eigenvalue weighted by Gasteiger charge is -2.19. The topological polar surface area (TPSA) is 12.9 Å². The Bertz CT molecular complexity index is 1120. The predicted molar refractivity (Wildman–Crippen MR) is 109 cm³/mol. The summed E-state index contributed by atoms with van der Waals surface area (Å²) in [5, 5.41) is 0.949. The average molecular weight is 379 g/mol. The van der Waals surface area contributed by atoms with Crippen LogP contribution in [0.5, 0.6) is 0 Å². The van der Waals surface area contributed by atoms with Gasteiger partial charge in [0.15, 0.2) is 11.6 Å². The normalized spacial score (nSPS) is 11.9. The minimum atomic E-state index is -0.832. The Morgan fingerprint density at radius 3 is 2.37 bits per heavy atom. The summed E-state index contributed by atoms with van der Waals surface area (Å²) in [6.45, 7) is 6.54. The SMILES string of the molecule is CC(C)(C)c1ccc(-c2nccc3sc(-c4cccc(F)c4F)cc23)cc1. The molecule has 0 amide bonds. The molecule has 0 atom stereocenters. The van der Waals surface area contributed by atoms with Gasteiger partial charge in [-0.1, -0.05) is 57.2 Å². The zero-order chi connectivity index (χ0) is 19.2. The van der Waals surface area contributed by atoms with Gasteiger partial charge in [-0.05, 0) is 29.2 Å². The molecule has 27 heavy (non-hydrogen) atoms. The predicted octanol–water partition coefficient (Wildman–Crippen LogP) is 7.21. The van der Waals surface area contributed by atoms with Gasteiger partial charge in [-0.3, -0.25) is 4.98 Å². The first kappa shape index (κ1) is 17.8. The maximum atomic E-state index is 14.2. The Labute approximate surface area is 161 Å². The van der Waals surface area contributed by atoms with Crippen LogP contribution in [0, 0.1) is 11.6 Å². The van der Waals surface area contributed by atoms with Crippen molar-refractivity contribution >= 4 is 21.4 Å². The molecule has 2 aromatic carbocycles. The van der Waals surface area contributed by atoms with Gasteiger partial charge in [0.25, 0.3) is 0 Å². The van der Waals surface area contributed by atoms with Gasteiger partial charge in [0.2, 0.25) is 0 Å². The third-order valence-electron chi connectivity index (χ3n) is 4.69. The van der Waals surface area contributed by atoms with E-state index in [-0.39, 0.29) is 11.0 Å². The molecule has 4 aromatic rings. The van der Waals surface area contributed by atoms with Gasteiger partial charge in [-0.15, -0.1) is 11.3 Å². The summed E-state index contributed by atoms with van der Waals surface area (Å²) in [4.78, 5) is 5.25. The second kappa shape index (κ2) is 6.54. The van der Waals surface area contributed by atoms with E-state index in [1.54, 1.807) is 12.3 Å². The van der Waals surface area contributed by atoms with Crippen molar-refractivity contribution in [3.8, 4) is 21.7 Å². The second-order valence-electron chi connectivity index (χ2n) is 7.61. The van der Waals surface area contributed by atoms with Crippen molar-refractivity contribution in [3.05, 3.63) is 78.0 Å². The molecular formula is C23H19F2NS. The van der Waals surface area contributed by atoms with Gasteiger partial charge in [-0.25, -0.2) is 8.78 Å². The summed E-state index contributed by atoms with van der Waals surface area (Å²) in [6.07, 6.45) is 1.76. The minimum absolute atomic E-state index is 0.0857. The van der Waals surface area contributed by atoms with E-state index in [4.69, 9.17) is 0 Å². The lowest BCUT2D eigenvalue weighted by molar-refractivity contribution is 0.511. The van der Waals surface area contributed by atoms with Crippen LogP contribution in [0.15, 0.2) is 60.8 Å². The van der Waals surface area contributed by atoms with E-state index >= 15 is 0 Å². The average Bonchev–Trinajstić information content (AvgIpc) is 3.07. The van der Waals surface area contributed by atoms with Crippen molar-refractivity contribution in [2.75, 3.05) is 0 Å². The molecule has 2 heterocycles. The van der Waals surface area contributed by atoms with Crippen LogP contribution >= 0.6 is 11.3 Å². The summed E-state index contributed by atoms with van der Waals surface area (Å²) >= 11 is 1.44. The van der Waals surface area contributed by atoms with Crippen LogP contribution in [0.2, 0.25) is 0 Å². The van der Waals surface area contributed by atoms with Gasteiger partial charge >= 0.3 is 0 Å². The number of halogens is 2. The van der Waals surface area contributed by atoms with Crippen molar-refractivity contribution in [3.63, 3.8) is 0 Å². The number of aromatic nitrogens is 1. The second-order valence-corrected chi connectivity index (χ2v) is 8.69. The summed E-state index contributed by atoms with van der Waals surface area (Å²) in [7, 11) is 0. The smallest absolute Gasteiger partial charge is 0.167 e. The molecule has 0 fully saturated rings. The van der Waals surface area contributed by atoms with Crippen LogP contribution in [0.3, 0.4) is 0 Å². The fourth-order valence-electron chi connectivity index (χ4n) is 3.15. The highest BCUT2D eigenvalue weighted by molar-refractivity contribution is 7.22. The minimum Gasteiger partial charge on any atom is -0.256 e. The molecule has 0 radical (unpaired) electrons. The van der Waals surface area contributed by atoms with Crippen molar-refractivity contribution in [2.24, 2.45) is 0 Å². The third-order valence-corrected chi connectivity index (χ3v) is 5.82. The summed E-state index contributed by atoms with van der Waals surface area (Å²) in [5.74, 6) is -1.64. The zero-order valence-electron chi connectivity index (χ0n) is 15.4. The number of nitrogens with zero attached hydrogens (tertiary/aromatic N) is 1. The Morgan fingerprint density at radius 1 is 0.926 bits per heavy atom. The van der Waals surface area contributed by atoms with Crippen LogP contribution in [0.4, 0.5) is 8.78 Å². The van der Waals surface area contributed by atoms with Crippen LogP contribution < -0.4 is 0 Å². The van der Waals surface area contributed by atoms with Crippen molar-refractivity contribution < 1.29 is 8.78 Å². The van der Waals surface area contributed by atoms with Gasteiger partial charge in [0, 0.05) is 32.3 Å². The number of thiophene rings is 1. The molecule has 136 valence electrons. The Balaban J connectivity index is 1.83. The lowest BCUT2D eigenvalue weighted by Crippen LogP contribution is -2.10. The van der Waals surface area contributed by atoms with Crippen LogP contribution in [0.1, 0.15) is 26.3 Å². The van der Waals surface area contributed by atoms with Crippen LogP contribution in [-0.4, -0.2) is 4.98 Å². The summed E-state index contributed by atoms with van der Waals surface area (Å²) in [6, 6.07) is 16.5. The molecule has 4 rings (SSSR count). The first-order valence-electron chi connectivity index (χ1n) is 8.78. The van der Waals surface area contributed by atoms with E-state index in [1.165, 1.54) is 23.0 Å². The molecular weight excluding hydrogens is 360 g/mol. The molecule has 0 saturated carbocycles. The first-order valence-corrected chi connectivity index (χ1v) is 9.60. The molecule has 0 aliphatic carbocycles. The van der Waals surface area contributed by atoms with E-state index in [1.807, 2.05) is 12.1 Å². The van der Waals surface area contributed by atoms with Crippen LogP contribution in [0.25, 0.3) is 31.8 Å². The van der Waals surface area contributed by atoms with Gasteiger partial charge in [0.05, 0.1) is 5.69 Å². The highest BCUT2D eigenvalue weighted by Gasteiger charge is 2.16. The first-order chi connectivity index (χ1) is 12.8. The maximum absolute atomic E-state index is 14.2. The maximum Gasteiger partial charge on any atom is 0.167 e. The van der Waals surface area contributed by atoms with Crippen molar-refractivity contribution in [2.45, 2.75) is 26.2 Å².